The molecule has 3 rings (SSSR count). The van der Waals surface area contributed by atoms with Crippen LogP contribution in [0.25, 0.3) is 11.3 Å². The highest BCUT2D eigenvalue weighted by Gasteiger charge is 2.23. The van der Waals surface area contributed by atoms with Crippen molar-refractivity contribution in [2.24, 2.45) is 5.73 Å². The molecule has 0 bridgehead atoms. The average molecular weight is 531 g/mol. The lowest BCUT2D eigenvalue weighted by Gasteiger charge is -2.24. The predicted octanol–water partition coefficient (Wildman–Crippen LogP) is 4.31. The van der Waals surface area contributed by atoms with Crippen LogP contribution in [0, 0.1) is 0 Å². The number of benzene rings is 2. The molecule has 0 saturated heterocycles. The monoisotopic (exact) mass is 530 g/mol. The summed E-state index contributed by atoms with van der Waals surface area (Å²) in [5.41, 5.74) is 7.37. The smallest absolute Gasteiger partial charge is 0.404 e. The van der Waals surface area contributed by atoms with Crippen LogP contribution in [0.5, 0.6) is 0 Å². The molecule has 3 aromatic rings. The molecule has 172 valence electrons. The van der Waals surface area contributed by atoms with Gasteiger partial charge >= 0.3 is 6.09 Å². The molecule has 0 spiro atoms. The molecular weight excluding hydrogens is 508 g/mol. The molecule has 0 aliphatic heterocycles. The van der Waals surface area contributed by atoms with E-state index in [1.807, 2.05) is 49.6 Å². The number of nitrogens with one attached hydrogen (secondary N) is 2. The Hall–Kier alpha value is -3.24. The minimum absolute atomic E-state index is 0.0749. The van der Waals surface area contributed by atoms with Gasteiger partial charge in [0.05, 0.1) is 12.2 Å². The molecule has 0 aliphatic carbocycles. The Labute approximate surface area is 203 Å². The molecule has 0 fully saturated rings. The zero-order valence-corrected chi connectivity index (χ0v) is 20.5. The maximum atomic E-state index is 12.6. The van der Waals surface area contributed by atoms with Gasteiger partial charge in [0.1, 0.15) is 6.61 Å². The molecule has 33 heavy (non-hydrogen) atoms. The van der Waals surface area contributed by atoms with Crippen LogP contribution in [0.1, 0.15) is 29.8 Å². The Morgan fingerprint density at radius 2 is 1.91 bits per heavy atom. The van der Waals surface area contributed by atoms with Gasteiger partial charge in [0.25, 0.3) is 5.91 Å². The number of nitrogens with zero attached hydrogens (tertiary/aromatic N) is 1. The summed E-state index contributed by atoms with van der Waals surface area (Å²) >= 11 is 4.73. The van der Waals surface area contributed by atoms with Crippen LogP contribution in [0.15, 0.2) is 58.4 Å². The zero-order chi connectivity index (χ0) is 24.0. The second-order valence-electron chi connectivity index (χ2n) is 7.85. The molecule has 0 aliphatic rings. The fourth-order valence-electron chi connectivity index (χ4n) is 2.95. The summed E-state index contributed by atoms with van der Waals surface area (Å²) in [6.07, 6.45) is -0.855. The van der Waals surface area contributed by atoms with Gasteiger partial charge in [-0.25, -0.2) is 9.78 Å². The maximum Gasteiger partial charge on any atom is 0.404 e. The van der Waals surface area contributed by atoms with Gasteiger partial charge in [-0.15, -0.1) is 11.3 Å². The lowest BCUT2D eigenvalue weighted by atomic mass is 9.84. The summed E-state index contributed by atoms with van der Waals surface area (Å²) in [5, 5.41) is 7.61. The van der Waals surface area contributed by atoms with Crippen molar-refractivity contribution < 1.29 is 19.1 Å². The molecule has 3 amide bonds. The van der Waals surface area contributed by atoms with Crippen molar-refractivity contribution >= 4 is 50.3 Å². The SMILES string of the molecule is CC(C)(COC(N)=O)c1cccc(C(=O)NCC(=O)Nc2nc(-c3cccc(Br)c3)cs2)c1. The van der Waals surface area contributed by atoms with Crippen molar-refractivity contribution in [3.63, 3.8) is 0 Å². The number of halogens is 1. The van der Waals surface area contributed by atoms with E-state index in [1.54, 1.807) is 18.2 Å². The minimum atomic E-state index is -0.855. The van der Waals surface area contributed by atoms with Crippen LogP contribution in [0.4, 0.5) is 9.93 Å². The number of aromatic nitrogens is 1. The van der Waals surface area contributed by atoms with Crippen molar-refractivity contribution in [2.75, 3.05) is 18.5 Å². The number of rotatable bonds is 8. The molecule has 1 heterocycles. The molecule has 0 atom stereocenters. The first-order chi connectivity index (χ1) is 15.6. The number of thiazole rings is 1. The van der Waals surface area contributed by atoms with Gasteiger partial charge in [0.15, 0.2) is 5.13 Å². The quantitative estimate of drug-likeness (QED) is 0.400. The summed E-state index contributed by atoms with van der Waals surface area (Å²) in [4.78, 5) is 40.2. The van der Waals surface area contributed by atoms with Gasteiger partial charge in [-0.1, -0.05) is 54.0 Å². The topological polar surface area (TPSA) is 123 Å². The minimum Gasteiger partial charge on any atom is -0.449 e. The Balaban J connectivity index is 1.57. The molecule has 4 N–H and O–H groups in total. The second-order valence-corrected chi connectivity index (χ2v) is 9.63. The first-order valence-electron chi connectivity index (χ1n) is 9.96. The highest BCUT2D eigenvalue weighted by atomic mass is 79.9. The van der Waals surface area contributed by atoms with Crippen LogP contribution in [0.2, 0.25) is 0 Å². The number of ether oxygens (including phenoxy) is 1. The van der Waals surface area contributed by atoms with Gasteiger partial charge < -0.3 is 21.1 Å². The molecule has 0 unspecified atom stereocenters. The maximum absolute atomic E-state index is 12.6. The number of primary amides is 1. The van der Waals surface area contributed by atoms with Gasteiger partial charge in [-0.2, -0.15) is 0 Å². The Morgan fingerprint density at radius 3 is 2.64 bits per heavy atom. The third kappa shape index (κ3) is 6.87. The van der Waals surface area contributed by atoms with Crippen molar-refractivity contribution in [1.82, 2.24) is 10.3 Å². The number of hydrogen-bond acceptors (Lipinski definition) is 6. The van der Waals surface area contributed by atoms with Crippen LogP contribution in [-0.4, -0.2) is 36.0 Å². The van der Waals surface area contributed by atoms with Crippen molar-refractivity contribution in [1.29, 1.82) is 0 Å². The molecule has 1 aromatic heterocycles. The Kier molecular flexibility index (Phi) is 7.83. The third-order valence-corrected chi connectivity index (χ3v) is 6.01. The molecule has 10 heteroatoms. The summed E-state index contributed by atoms with van der Waals surface area (Å²) < 4.78 is 5.85. The molecule has 2 aromatic carbocycles. The van der Waals surface area contributed by atoms with Crippen LogP contribution < -0.4 is 16.4 Å². The molecular formula is C23H23BrN4O4S. The molecule has 0 radical (unpaired) electrons. The number of nitrogens with two attached hydrogens (primary N) is 1. The van der Waals surface area contributed by atoms with E-state index in [2.05, 4.69) is 31.5 Å². The third-order valence-electron chi connectivity index (χ3n) is 4.76. The number of hydrogen-bond donors (Lipinski definition) is 3. The lowest BCUT2D eigenvalue weighted by Crippen LogP contribution is -2.33. The summed E-state index contributed by atoms with van der Waals surface area (Å²) in [6, 6.07) is 14.6. The Morgan fingerprint density at radius 1 is 1.15 bits per heavy atom. The first-order valence-corrected chi connectivity index (χ1v) is 11.6. The fourth-order valence-corrected chi connectivity index (χ4v) is 4.09. The van der Waals surface area contributed by atoms with Crippen LogP contribution in [0.3, 0.4) is 0 Å². The highest BCUT2D eigenvalue weighted by molar-refractivity contribution is 9.10. The average Bonchev–Trinajstić information content (AvgIpc) is 3.24. The Bertz CT molecular complexity index is 1180. The van der Waals surface area contributed by atoms with E-state index >= 15 is 0 Å². The van der Waals surface area contributed by atoms with E-state index in [-0.39, 0.29) is 19.1 Å². The highest BCUT2D eigenvalue weighted by Crippen LogP contribution is 2.27. The second kappa shape index (κ2) is 10.6. The lowest BCUT2D eigenvalue weighted by molar-refractivity contribution is -0.115. The van der Waals surface area contributed by atoms with E-state index in [1.165, 1.54) is 11.3 Å². The molecule has 0 saturated carbocycles. The van der Waals surface area contributed by atoms with E-state index in [4.69, 9.17) is 10.5 Å². The van der Waals surface area contributed by atoms with Gasteiger partial charge in [0.2, 0.25) is 5.91 Å². The van der Waals surface area contributed by atoms with Gasteiger partial charge in [-0.05, 0) is 29.8 Å². The van der Waals surface area contributed by atoms with Gasteiger partial charge in [0, 0.05) is 26.4 Å². The number of carbonyl (C=O) groups excluding carboxylic acids is 3. The van der Waals surface area contributed by atoms with Gasteiger partial charge in [-0.3, -0.25) is 9.59 Å². The zero-order valence-electron chi connectivity index (χ0n) is 18.1. The van der Waals surface area contributed by atoms with E-state index in [9.17, 15) is 14.4 Å². The fraction of sp³-hybridized carbons (Fsp3) is 0.217. The summed E-state index contributed by atoms with van der Waals surface area (Å²) in [6.45, 7) is 3.61. The summed E-state index contributed by atoms with van der Waals surface area (Å²) in [5.74, 6) is -0.780. The van der Waals surface area contributed by atoms with Crippen molar-refractivity contribution in [3.8, 4) is 11.3 Å². The number of amides is 3. The first kappa shape index (κ1) is 24.4. The predicted molar refractivity (Wildman–Crippen MR) is 131 cm³/mol. The molecule has 8 nitrogen and oxygen atoms in total. The number of anilines is 1. The largest absolute Gasteiger partial charge is 0.449 e. The normalized spacial score (nSPS) is 11.0. The van der Waals surface area contributed by atoms with Crippen LogP contribution >= 0.6 is 27.3 Å². The standard InChI is InChI=1S/C23H23BrN4O4S/c1-23(2,13-32-21(25)31)16-7-3-6-15(9-16)20(30)26-11-19(29)28-22-27-18(12-33-22)14-5-4-8-17(24)10-14/h3-10,12H,11,13H2,1-2H3,(H2,25,31)(H,26,30)(H,27,28,29). The summed E-state index contributed by atoms with van der Waals surface area (Å²) in [7, 11) is 0. The number of carbonyl (C=O) groups is 3. The van der Waals surface area contributed by atoms with E-state index < -0.39 is 17.4 Å². The van der Waals surface area contributed by atoms with Crippen LogP contribution in [-0.2, 0) is 14.9 Å². The van der Waals surface area contributed by atoms with E-state index in [0.29, 0.717) is 10.7 Å². The van der Waals surface area contributed by atoms with Crippen molar-refractivity contribution in [3.05, 3.63) is 69.5 Å². The van der Waals surface area contributed by atoms with E-state index in [0.717, 1.165) is 21.3 Å². The van der Waals surface area contributed by atoms with Crippen molar-refractivity contribution in [2.45, 2.75) is 19.3 Å².